The number of halogens is 2. The Morgan fingerprint density at radius 2 is 1.87 bits per heavy atom. The predicted molar refractivity (Wildman–Crippen MR) is 112 cm³/mol. The number of hydrogen-bond donors (Lipinski definition) is 2. The minimum Gasteiger partial charge on any atom is -0.481 e. The van der Waals surface area contributed by atoms with Crippen molar-refractivity contribution in [1.82, 2.24) is 0 Å². The molecule has 2 N–H and O–H groups in total. The number of rotatable bonds is 5. The van der Waals surface area contributed by atoms with Gasteiger partial charge in [-0.3, -0.25) is 9.59 Å². The molecule has 2 bridgehead atoms. The maximum Gasteiger partial charge on any atom is 0.341 e. The van der Waals surface area contributed by atoms with Gasteiger partial charge in [0.25, 0.3) is 0 Å². The average Bonchev–Trinajstić information content (AvgIpc) is 3.43. The second-order valence-electron chi connectivity index (χ2n) is 7.14. The highest BCUT2D eigenvalue weighted by Gasteiger charge is 2.55. The van der Waals surface area contributed by atoms with Gasteiger partial charge in [-0.05, 0) is 30.5 Å². The minimum atomic E-state index is -1.06. The summed E-state index contributed by atoms with van der Waals surface area (Å²) in [5, 5.41) is 15.0. The van der Waals surface area contributed by atoms with Crippen molar-refractivity contribution in [2.24, 2.45) is 11.8 Å². The van der Waals surface area contributed by atoms with Crippen LogP contribution < -0.4 is 5.32 Å². The fourth-order valence-corrected chi connectivity index (χ4v) is 5.41. The Kier molecular flexibility index (Phi) is 5.76. The minimum absolute atomic E-state index is 0.171. The number of esters is 1. The van der Waals surface area contributed by atoms with Crippen LogP contribution in [0.4, 0.5) is 5.00 Å². The van der Waals surface area contributed by atoms with E-state index >= 15 is 0 Å². The summed E-state index contributed by atoms with van der Waals surface area (Å²) in [5.41, 5.74) is 1.33. The molecule has 2 aliphatic rings. The van der Waals surface area contributed by atoms with Crippen molar-refractivity contribution in [2.45, 2.75) is 25.0 Å². The summed E-state index contributed by atoms with van der Waals surface area (Å²) >= 11 is 13.2. The number of hydrogen-bond acceptors (Lipinski definition) is 6. The van der Waals surface area contributed by atoms with Gasteiger partial charge in [-0.25, -0.2) is 4.79 Å². The fourth-order valence-electron chi connectivity index (χ4n) is 4.15. The molecule has 158 valence electrons. The van der Waals surface area contributed by atoms with Crippen LogP contribution in [0.1, 0.15) is 23.2 Å². The number of thiophene rings is 1. The van der Waals surface area contributed by atoms with E-state index in [1.807, 2.05) is 0 Å². The van der Waals surface area contributed by atoms with Crippen molar-refractivity contribution >= 4 is 57.4 Å². The van der Waals surface area contributed by atoms with Crippen LogP contribution in [-0.4, -0.2) is 42.3 Å². The SMILES string of the molecule is COC(=O)c1c(-c2ccc(Cl)c(Cl)c2)csc1NC(=O)[C@H]1[C@H](C(=O)O)[C@H]2CC[C@H]1O2. The quantitative estimate of drug-likeness (QED) is 0.631. The largest absolute Gasteiger partial charge is 0.481 e. The van der Waals surface area contributed by atoms with Crippen LogP contribution in [0.2, 0.25) is 10.0 Å². The molecule has 1 amide bonds. The lowest BCUT2D eigenvalue weighted by atomic mass is 9.79. The number of carbonyl (C=O) groups excluding carboxylic acids is 2. The fraction of sp³-hybridized carbons (Fsp3) is 0.350. The van der Waals surface area contributed by atoms with Crippen LogP contribution in [0.3, 0.4) is 0 Å². The van der Waals surface area contributed by atoms with Gasteiger partial charge in [0.05, 0.1) is 41.2 Å². The molecule has 0 radical (unpaired) electrons. The first kappa shape index (κ1) is 21.1. The second kappa shape index (κ2) is 8.19. The molecule has 0 spiro atoms. The van der Waals surface area contributed by atoms with E-state index in [0.717, 1.165) is 11.3 Å². The highest BCUT2D eigenvalue weighted by atomic mass is 35.5. The third-order valence-corrected chi connectivity index (χ3v) is 7.14. The molecule has 2 aromatic rings. The van der Waals surface area contributed by atoms with Crippen molar-refractivity contribution in [3.05, 3.63) is 39.2 Å². The van der Waals surface area contributed by atoms with E-state index in [-0.39, 0.29) is 10.6 Å². The number of carboxylic acid groups (broad SMARTS) is 1. The van der Waals surface area contributed by atoms with Gasteiger partial charge in [0.15, 0.2) is 0 Å². The van der Waals surface area contributed by atoms with E-state index in [9.17, 15) is 19.5 Å². The number of nitrogens with one attached hydrogen (secondary N) is 1. The predicted octanol–water partition coefficient (Wildman–Crippen LogP) is 4.33. The van der Waals surface area contributed by atoms with E-state index in [0.29, 0.717) is 34.0 Å². The molecular formula is C20H17Cl2NO6S. The first-order chi connectivity index (χ1) is 14.3. The Bertz CT molecular complexity index is 1040. The number of ether oxygens (including phenoxy) is 2. The molecule has 4 rings (SSSR count). The molecule has 7 nitrogen and oxygen atoms in total. The Hall–Kier alpha value is -2.13. The molecular weight excluding hydrogens is 453 g/mol. The number of fused-ring (bicyclic) bond motifs is 2. The molecule has 0 unspecified atom stereocenters. The van der Waals surface area contributed by atoms with Crippen LogP contribution in [0.5, 0.6) is 0 Å². The van der Waals surface area contributed by atoms with Crippen LogP contribution in [0.15, 0.2) is 23.6 Å². The number of aliphatic carboxylic acids is 1. The van der Waals surface area contributed by atoms with Gasteiger partial charge >= 0.3 is 11.9 Å². The third kappa shape index (κ3) is 3.58. The van der Waals surface area contributed by atoms with Gasteiger partial charge in [0.1, 0.15) is 10.6 Å². The summed E-state index contributed by atoms with van der Waals surface area (Å²) < 4.78 is 10.6. The lowest BCUT2D eigenvalue weighted by molar-refractivity contribution is -0.147. The molecule has 4 atom stereocenters. The summed E-state index contributed by atoms with van der Waals surface area (Å²) in [6, 6.07) is 4.94. The molecule has 30 heavy (non-hydrogen) atoms. The lowest BCUT2D eigenvalue weighted by Gasteiger charge is -2.23. The Labute approximate surface area is 185 Å². The number of amides is 1. The van der Waals surface area contributed by atoms with E-state index in [1.54, 1.807) is 23.6 Å². The van der Waals surface area contributed by atoms with Gasteiger partial charge in [0.2, 0.25) is 5.91 Å². The average molecular weight is 470 g/mol. The Morgan fingerprint density at radius 1 is 1.17 bits per heavy atom. The topological polar surface area (TPSA) is 102 Å². The third-order valence-electron chi connectivity index (χ3n) is 5.51. The van der Waals surface area contributed by atoms with Crippen molar-refractivity contribution in [3.63, 3.8) is 0 Å². The maximum atomic E-state index is 13.0. The van der Waals surface area contributed by atoms with E-state index in [2.05, 4.69) is 5.32 Å². The normalized spacial score (nSPS) is 24.6. The zero-order chi connectivity index (χ0) is 21.6. The lowest BCUT2D eigenvalue weighted by Crippen LogP contribution is -2.41. The van der Waals surface area contributed by atoms with E-state index in [1.165, 1.54) is 7.11 Å². The monoisotopic (exact) mass is 469 g/mol. The number of anilines is 1. The summed E-state index contributed by atoms with van der Waals surface area (Å²) in [6.45, 7) is 0. The molecule has 0 saturated carbocycles. The Morgan fingerprint density at radius 3 is 2.50 bits per heavy atom. The Balaban J connectivity index is 1.67. The number of benzene rings is 1. The summed E-state index contributed by atoms with van der Waals surface area (Å²) in [4.78, 5) is 37.2. The van der Waals surface area contributed by atoms with Gasteiger partial charge < -0.3 is 19.9 Å². The van der Waals surface area contributed by atoms with E-state index in [4.69, 9.17) is 32.7 Å². The first-order valence-corrected chi connectivity index (χ1v) is 10.8. The van der Waals surface area contributed by atoms with Gasteiger partial charge in [-0.1, -0.05) is 29.3 Å². The molecule has 0 aliphatic carbocycles. The smallest absolute Gasteiger partial charge is 0.341 e. The van der Waals surface area contributed by atoms with Crippen molar-refractivity contribution < 1.29 is 29.0 Å². The molecule has 2 aliphatic heterocycles. The number of carbonyl (C=O) groups is 3. The van der Waals surface area contributed by atoms with E-state index < -0.39 is 41.9 Å². The van der Waals surface area contributed by atoms with Gasteiger partial charge in [0, 0.05) is 10.9 Å². The number of carboxylic acids is 1. The molecule has 2 fully saturated rings. The molecule has 10 heteroatoms. The van der Waals surface area contributed by atoms with Crippen molar-refractivity contribution in [2.75, 3.05) is 12.4 Å². The highest BCUT2D eigenvalue weighted by molar-refractivity contribution is 7.15. The van der Waals surface area contributed by atoms with Crippen LogP contribution in [0, 0.1) is 11.8 Å². The van der Waals surface area contributed by atoms with Gasteiger partial charge in [-0.2, -0.15) is 0 Å². The number of methoxy groups -OCH3 is 1. The first-order valence-electron chi connectivity index (χ1n) is 9.16. The molecule has 1 aromatic heterocycles. The summed E-state index contributed by atoms with van der Waals surface area (Å²) in [6.07, 6.45) is 0.361. The van der Waals surface area contributed by atoms with Gasteiger partial charge in [-0.15, -0.1) is 11.3 Å². The highest BCUT2D eigenvalue weighted by Crippen LogP contribution is 2.45. The molecule has 1 aromatic carbocycles. The zero-order valence-electron chi connectivity index (χ0n) is 15.7. The summed E-state index contributed by atoms with van der Waals surface area (Å²) in [7, 11) is 1.24. The van der Waals surface area contributed by atoms with Crippen LogP contribution in [-0.2, 0) is 19.1 Å². The van der Waals surface area contributed by atoms with Crippen molar-refractivity contribution in [3.8, 4) is 11.1 Å². The van der Waals surface area contributed by atoms with Crippen LogP contribution in [0.25, 0.3) is 11.1 Å². The van der Waals surface area contributed by atoms with Crippen LogP contribution >= 0.6 is 34.5 Å². The zero-order valence-corrected chi connectivity index (χ0v) is 18.0. The molecule has 3 heterocycles. The maximum absolute atomic E-state index is 13.0. The standard InChI is InChI=1S/C20H17Cl2NO6S/c1-28-20(27)14-9(8-2-3-10(21)11(22)6-8)7-30-18(14)23-17(24)15-12-4-5-13(29-12)16(15)19(25)26/h2-3,6-7,12-13,15-16H,4-5H2,1H3,(H,23,24)(H,25,26)/t12-,13-,15-,16-/m1/s1. The van der Waals surface area contributed by atoms with Crippen molar-refractivity contribution in [1.29, 1.82) is 0 Å². The molecule has 2 saturated heterocycles. The summed E-state index contributed by atoms with van der Waals surface area (Å²) in [5.74, 6) is -3.89. The second-order valence-corrected chi connectivity index (χ2v) is 8.84.